The first-order valence-corrected chi connectivity index (χ1v) is 12.2. The highest BCUT2D eigenvalue weighted by Crippen LogP contribution is 2.24. The highest BCUT2D eigenvalue weighted by molar-refractivity contribution is 9.10. The number of halogens is 1. The molecule has 0 bridgehead atoms. The molecule has 30 heavy (non-hydrogen) atoms. The van der Waals surface area contributed by atoms with Gasteiger partial charge >= 0.3 is 0 Å². The van der Waals surface area contributed by atoms with E-state index in [1.807, 2.05) is 31.3 Å². The molecule has 162 valence electrons. The Morgan fingerprint density at radius 3 is 2.33 bits per heavy atom. The second-order valence-corrected chi connectivity index (χ2v) is 11.2. The number of sulfonamides is 1. The number of nitrogens with zero attached hydrogens (tertiary/aromatic N) is 2. The number of piperazine rings is 1. The SMILES string of the molecule is CN1CCN(S(=O)(=O)c2cccc(C(=O)NCC(C)(C)c3ccc(Br)cc3)c2)CC1. The van der Waals surface area contributed by atoms with E-state index in [2.05, 4.69) is 40.0 Å². The van der Waals surface area contributed by atoms with Crippen molar-refractivity contribution in [3.05, 3.63) is 64.1 Å². The average Bonchev–Trinajstić information content (AvgIpc) is 2.73. The molecule has 6 nitrogen and oxygen atoms in total. The van der Waals surface area contributed by atoms with E-state index in [-0.39, 0.29) is 16.2 Å². The van der Waals surface area contributed by atoms with Crippen LogP contribution in [-0.4, -0.2) is 63.3 Å². The monoisotopic (exact) mass is 493 g/mol. The second-order valence-electron chi connectivity index (χ2n) is 8.31. The van der Waals surface area contributed by atoms with Gasteiger partial charge in [0.1, 0.15) is 0 Å². The zero-order valence-electron chi connectivity index (χ0n) is 17.6. The van der Waals surface area contributed by atoms with Crippen LogP contribution in [0.1, 0.15) is 29.8 Å². The van der Waals surface area contributed by atoms with Crippen molar-refractivity contribution in [2.75, 3.05) is 39.8 Å². The third-order valence-electron chi connectivity index (χ3n) is 5.51. The number of amides is 1. The van der Waals surface area contributed by atoms with E-state index in [1.54, 1.807) is 18.2 Å². The molecule has 1 N–H and O–H groups in total. The van der Waals surface area contributed by atoms with Crippen LogP contribution >= 0.6 is 15.9 Å². The van der Waals surface area contributed by atoms with Crippen molar-refractivity contribution in [1.82, 2.24) is 14.5 Å². The van der Waals surface area contributed by atoms with E-state index < -0.39 is 10.0 Å². The molecular weight excluding hydrogens is 466 g/mol. The standard InChI is InChI=1S/C22H28BrN3O3S/c1-22(2,18-7-9-19(23)10-8-18)16-24-21(27)17-5-4-6-20(15-17)30(28,29)26-13-11-25(3)12-14-26/h4-10,15H,11-14,16H2,1-3H3,(H,24,27). The van der Waals surface area contributed by atoms with Gasteiger partial charge in [0.25, 0.3) is 5.91 Å². The molecule has 0 unspecified atom stereocenters. The van der Waals surface area contributed by atoms with Crippen LogP contribution in [0.4, 0.5) is 0 Å². The quantitative estimate of drug-likeness (QED) is 0.670. The van der Waals surface area contributed by atoms with E-state index >= 15 is 0 Å². The first-order valence-electron chi connectivity index (χ1n) is 9.93. The van der Waals surface area contributed by atoms with Gasteiger partial charge in [-0.2, -0.15) is 4.31 Å². The van der Waals surface area contributed by atoms with Crippen LogP contribution in [0, 0.1) is 0 Å². The summed E-state index contributed by atoms with van der Waals surface area (Å²) in [6, 6.07) is 14.3. The number of rotatable bonds is 6. The Morgan fingerprint density at radius 1 is 1.07 bits per heavy atom. The van der Waals surface area contributed by atoms with Gasteiger partial charge in [-0.05, 0) is 42.9 Å². The summed E-state index contributed by atoms with van der Waals surface area (Å²) in [5.74, 6) is -0.282. The minimum absolute atomic E-state index is 0.159. The highest BCUT2D eigenvalue weighted by atomic mass is 79.9. The van der Waals surface area contributed by atoms with Gasteiger partial charge in [-0.3, -0.25) is 4.79 Å². The number of hydrogen-bond acceptors (Lipinski definition) is 4. The van der Waals surface area contributed by atoms with Crippen LogP contribution in [-0.2, 0) is 15.4 Å². The minimum Gasteiger partial charge on any atom is -0.351 e. The van der Waals surface area contributed by atoms with Gasteiger partial charge in [-0.25, -0.2) is 8.42 Å². The lowest BCUT2D eigenvalue weighted by atomic mass is 9.84. The molecule has 1 heterocycles. The second kappa shape index (κ2) is 9.18. The number of hydrogen-bond donors (Lipinski definition) is 1. The van der Waals surface area contributed by atoms with Crippen molar-refractivity contribution in [3.63, 3.8) is 0 Å². The molecule has 0 aromatic heterocycles. The fraction of sp³-hybridized carbons (Fsp3) is 0.409. The molecule has 1 aliphatic rings. The zero-order valence-corrected chi connectivity index (χ0v) is 20.0. The molecule has 1 fully saturated rings. The first kappa shape index (κ1) is 22.9. The summed E-state index contributed by atoms with van der Waals surface area (Å²) in [4.78, 5) is 15.0. The van der Waals surface area contributed by atoms with Crippen LogP contribution in [0.2, 0.25) is 0 Å². The Bertz CT molecular complexity index is 999. The molecule has 0 saturated carbocycles. The van der Waals surface area contributed by atoms with Gasteiger partial charge in [0.2, 0.25) is 10.0 Å². The van der Waals surface area contributed by atoms with Crippen LogP contribution in [0.5, 0.6) is 0 Å². The van der Waals surface area contributed by atoms with E-state index in [4.69, 9.17) is 0 Å². The molecular formula is C22H28BrN3O3S. The summed E-state index contributed by atoms with van der Waals surface area (Å²) in [5, 5.41) is 2.95. The molecule has 0 atom stereocenters. The topological polar surface area (TPSA) is 69.7 Å². The van der Waals surface area contributed by atoms with Crippen molar-refractivity contribution in [3.8, 4) is 0 Å². The molecule has 1 amide bonds. The maximum atomic E-state index is 13.0. The van der Waals surface area contributed by atoms with Gasteiger partial charge in [0.15, 0.2) is 0 Å². The summed E-state index contributed by atoms with van der Waals surface area (Å²) in [7, 11) is -1.63. The third-order valence-corrected chi connectivity index (χ3v) is 7.94. The largest absolute Gasteiger partial charge is 0.351 e. The van der Waals surface area contributed by atoms with Crippen molar-refractivity contribution in [1.29, 1.82) is 0 Å². The predicted molar refractivity (Wildman–Crippen MR) is 122 cm³/mol. The number of carbonyl (C=O) groups excluding carboxylic acids is 1. The molecule has 1 saturated heterocycles. The molecule has 0 aliphatic carbocycles. The molecule has 2 aromatic carbocycles. The van der Waals surface area contributed by atoms with Crippen molar-refractivity contribution >= 4 is 31.9 Å². The van der Waals surface area contributed by atoms with E-state index in [0.717, 1.165) is 10.0 Å². The number of nitrogens with one attached hydrogen (secondary N) is 1. The van der Waals surface area contributed by atoms with Crippen molar-refractivity contribution in [2.24, 2.45) is 0 Å². The number of benzene rings is 2. The van der Waals surface area contributed by atoms with Crippen molar-refractivity contribution < 1.29 is 13.2 Å². The lowest BCUT2D eigenvalue weighted by molar-refractivity contribution is 0.0945. The van der Waals surface area contributed by atoms with Crippen LogP contribution < -0.4 is 5.32 Å². The normalized spacial score (nSPS) is 16.4. The van der Waals surface area contributed by atoms with Gasteiger partial charge in [0, 0.05) is 48.2 Å². The Labute approximate surface area is 187 Å². The number of likely N-dealkylation sites (N-methyl/N-ethyl adjacent to an activating group) is 1. The zero-order chi connectivity index (χ0) is 21.9. The third kappa shape index (κ3) is 5.29. The van der Waals surface area contributed by atoms with E-state index in [0.29, 0.717) is 38.3 Å². The summed E-state index contributed by atoms with van der Waals surface area (Å²) < 4.78 is 28.4. The Kier molecular flexibility index (Phi) is 7.02. The fourth-order valence-electron chi connectivity index (χ4n) is 3.38. The summed E-state index contributed by atoms with van der Waals surface area (Å²) in [6.45, 7) is 6.86. The Balaban J connectivity index is 1.70. The summed E-state index contributed by atoms with van der Waals surface area (Å²) in [5.41, 5.74) is 1.19. The average molecular weight is 494 g/mol. The minimum atomic E-state index is -3.61. The molecule has 0 radical (unpaired) electrons. The summed E-state index contributed by atoms with van der Waals surface area (Å²) in [6.07, 6.45) is 0. The molecule has 0 spiro atoms. The van der Waals surface area contributed by atoms with Gasteiger partial charge in [-0.15, -0.1) is 0 Å². The predicted octanol–water partition coefficient (Wildman–Crippen LogP) is 3.09. The maximum Gasteiger partial charge on any atom is 0.251 e. The Hall–Kier alpha value is -1.74. The Morgan fingerprint density at radius 2 is 1.70 bits per heavy atom. The maximum absolute atomic E-state index is 13.0. The molecule has 8 heteroatoms. The van der Waals surface area contributed by atoms with Gasteiger partial charge in [0.05, 0.1) is 4.90 Å². The smallest absolute Gasteiger partial charge is 0.251 e. The lowest BCUT2D eigenvalue weighted by Gasteiger charge is -2.31. The number of carbonyl (C=O) groups is 1. The van der Waals surface area contributed by atoms with Crippen LogP contribution in [0.25, 0.3) is 0 Å². The van der Waals surface area contributed by atoms with Gasteiger partial charge in [-0.1, -0.05) is 48.0 Å². The lowest BCUT2D eigenvalue weighted by Crippen LogP contribution is -2.47. The van der Waals surface area contributed by atoms with E-state index in [9.17, 15) is 13.2 Å². The van der Waals surface area contributed by atoms with Crippen molar-refractivity contribution in [2.45, 2.75) is 24.2 Å². The molecule has 3 rings (SSSR count). The summed E-state index contributed by atoms with van der Waals surface area (Å²) >= 11 is 3.43. The molecule has 1 aliphatic heterocycles. The highest BCUT2D eigenvalue weighted by Gasteiger charge is 2.28. The van der Waals surface area contributed by atoms with E-state index in [1.165, 1.54) is 10.4 Å². The van der Waals surface area contributed by atoms with Crippen LogP contribution in [0.15, 0.2) is 57.9 Å². The fourth-order valence-corrected chi connectivity index (χ4v) is 5.11. The first-order chi connectivity index (χ1) is 14.1. The van der Waals surface area contributed by atoms with Crippen LogP contribution in [0.3, 0.4) is 0 Å². The van der Waals surface area contributed by atoms with Gasteiger partial charge < -0.3 is 10.2 Å². The molecule has 2 aromatic rings.